The number of pyridine rings is 1. The third kappa shape index (κ3) is 3.37. The summed E-state index contributed by atoms with van der Waals surface area (Å²) in [6.07, 6.45) is 0.617. The average molecular weight is 359 g/mol. The van der Waals surface area contributed by atoms with Crippen molar-refractivity contribution in [3.05, 3.63) is 45.4 Å². The van der Waals surface area contributed by atoms with Crippen LogP contribution in [-0.4, -0.2) is 47.7 Å². The molecule has 2 aromatic rings. The van der Waals surface area contributed by atoms with Gasteiger partial charge in [-0.1, -0.05) is 13.8 Å². The van der Waals surface area contributed by atoms with Gasteiger partial charge in [-0.05, 0) is 25.3 Å². The molecule has 138 valence electrons. The minimum atomic E-state index is -1.11. The number of nitrogens with zero attached hydrogens (tertiary/aromatic N) is 4. The summed E-state index contributed by atoms with van der Waals surface area (Å²) in [6, 6.07) is 1.78. The number of H-pyrrole nitrogens is 1. The maximum atomic E-state index is 13.0. The first kappa shape index (κ1) is 17.8. The van der Waals surface area contributed by atoms with Crippen molar-refractivity contribution < 1.29 is 14.7 Å². The van der Waals surface area contributed by atoms with Crippen molar-refractivity contribution in [3.8, 4) is 0 Å². The molecule has 0 bridgehead atoms. The first-order valence-electron chi connectivity index (χ1n) is 8.42. The van der Waals surface area contributed by atoms with Gasteiger partial charge in [0.05, 0.1) is 13.1 Å². The molecule has 0 aromatic carbocycles. The van der Waals surface area contributed by atoms with Crippen LogP contribution in [0.15, 0.2) is 16.9 Å². The molecule has 0 aliphatic carbocycles. The van der Waals surface area contributed by atoms with Gasteiger partial charge in [0.15, 0.2) is 5.82 Å². The van der Waals surface area contributed by atoms with Crippen LogP contribution in [0.1, 0.15) is 41.5 Å². The third-order valence-electron chi connectivity index (χ3n) is 4.38. The second-order valence-corrected chi connectivity index (χ2v) is 6.92. The van der Waals surface area contributed by atoms with Crippen LogP contribution in [0.25, 0.3) is 0 Å². The number of carbonyl (C=O) groups is 2. The molecule has 9 nitrogen and oxygen atoms in total. The predicted octanol–water partition coefficient (Wildman–Crippen LogP) is 0.583. The van der Waals surface area contributed by atoms with E-state index in [0.29, 0.717) is 29.7 Å². The minimum absolute atomic E-state index is 0.0307. The lowest BCUT2D eigenvalue weighted by Gasteiger charge is -2.33. The lowest BCUT2D eigenvalue weighted by molar-refractivity contribution is -0.143. The summed E-state index contributed by atoms with van der Waals surface area (Å²) >= 11 is 0. The van der Waals surface area contributed by atoms with Crippen LogP contribution in [0.5, 0.6) is 0 Å². The molecule has 2 N–H and O–H groups in total. The summed E-state index contributed by atoms with van der Waals surface area (Å²) < 4.78 is 1.70. The highest BCUT2D eigenvalue weighted by atomic mass is 16.4. The van der Waals surface area contributed by atoms with Crippen LogP contribution in [-0.2, 0) is 24.3 Å². The summed E-state index contributed by atoms with van der Waals surface area (Å²) in [6.45, 7) is 5.86. The van der Waals surface area contributed by atoms with Gasteiger partial charge in [-0.25, -0.2) is 4.79 Å². The number of amides is 1. The number of carboxylic acid groups (broad SMARTS) is 1. The highest BCUT2D eigenvalue weighted by molar-refractivity contribution is 5.96. The van der Waals surface area contributed by atoms with Crippen LogP contribution >= 0.6 is 0 Å². The van der Waals surface area contributed by atoms with Crippen molar-refractivity contribution in [2.45, 2.75) is 46.3 Å². The fourth-order valence-corrected chi connectivity index (χ4v) is 3.18. The zero-order valence-electron chi connectivity index (χ0n) is 14.9. The van der Waals surface area contributed by atoms with Gasteiger partial charge in [-0.3, -0.25) is 9.59 Å². The quantitative estimate of drug-likeness (QED) is 0.824. The van der Waals surface area contributed by atoms with Gasteiger partial charge in [-0.15, -0.1) is 10.2 Å². The SMILES string of the molecule is Cc1nnc2n1CC(C(=O)O)N(C(=O)c1cc(CC(C)C)[nH]c(=O)c1)C2. The molecule has 1 atom stereocenters. The molecule has 0 radical (unpaired) electrons. The Morgan fingerprint density at radius 3 is 2.73 bits per heavy atom. The summed E-state index contributed by atoms with van der Waals surface area (Å²) in [7, 11) is 0. The first-order valence-corrected chi connectivity index (χ1v) is 8.42. The van der Waals surface area contributed by atoms with Crippen molar-refractivity contribution in [2.75, 3.05) is 0 Å². The second kappa shape index (κ2) is 6.74. The molecule has 0 spiro atoms. The average Bonchev–Trinajstić information content (AvgIpc) is 2.92. The molecule has 3 heterocycles. The number of aromatic nitrogens is 4. The largest absolute Gasteiger partial charge is 0.480 e. The van der Waals surface area contributed by atoms with E-state index in [1.807, 2.05) is 13.8 Å². The van der Waals surface area contributed by atoms with Crippen LogP contribution in [0.2, 0.25) is 0 Å². The maximum absolute atomic E-state index is 13.0. The van der Waals surface area contributed by atoms with E-state index in [1.165, 1.54) is 11.0 Å². The fourth-order valence-electron chi connectivity index (χ4n) is 3.18. The van der Waals surface area contributed by atoms with E-state index in [0.717, 1.165) is 0 Å². The van der Waals surface area contributed by atoms with Crippen LogP contribution < -0.4 is 5.56 Å². The van der Waals surface area contributed by atoms with Gasteiger partial charge in [0, 0.05) is 17.3 Å². The number of carboxylic acids is 1. The second-order valence-electron chi connectivity index (χ2n) is 6.92. The standard InChI is InChI=1S/C17H21N5O4/c1-9(2)4-12-5-11(6-15(23)18-12)16(24)22-8-14-20-19-10(3)21(14)7-13(22)17(25)26/h5-6,9,13H,4,7-8H2,1-3H3,(H,18,23)(H,25,26). The maximum Gasteiger partial charge on any atom is 0.328 e. The first-order chi connectivity index (χ1) is 12.3. The van der Waals surface area contributed by atoms with Gasteiger partial charge >= 0.3 is 5.97 Å². The number of nitrogens with one attached hydrogen (secondary N) is 1. The van der Waals surface area contributed by atoms with Crippen molar-refractivity contribution in [1.82, 2.24) is 24.6 Å². The van der Waals surface area contributed by atoms with Gasteiger partial charge in [0.25, 0.3) is 5.91 Å². The highest BCUT2D eigenvalue weighted by Gasteiger charge is 2.37. The molecule has 3 rings (SSSR count). The van der Waals surface area contributed by atoms with Gasteiger partial charge in [0.2, 0.25) is 5.56 Å². The van der Waals surface area contributed by atoms with Crippen LogP contribution in [0.4, 0.5) is 0 Å². The zero-order valence-corrected chi connectivity index (χ0v) is 14.9. The van der Waals surface area contributed by atoms with Crippen molar-refractivity contribution in [2.24, 2.45) is 5.92 Å². The zero-order chi connectivity index (χ0) is 19.0. The van der Waals surface area contributed by atoms with Gasteiger partial charge in [0.1, 0.15) is 11.9 Å². The Balaban J connectivity index is 1.96. The molecule has 9 heteroatoms. The van der Waals surface area contributed by atoms with Crippen molar-refractivity contribution >= 4 is 11.9 Å². The number of aryl methyl sites for hydroxylation is 1. The number of carbonyl (C=O) groups excluding carboxylic acids is 1. The molecule has 1 unspecified atom stereocenters. The Bertz CT molecular complexity index is 914. The monoisotopic (exact) mass is 359 g/mol. The van der Waals surface area contributed by atoms with Gasteiger partial charge in [-0.2, -0.15) is 0 Å². The minimum Gasteiger partial charge on any atom is -0.480 e. The lowest BCUT2D eigenvalue weighted by atomic mass is 10.0. The summed E-state index contributed by atoms with van der Waals surface area (Å²) in [4.78, 5) is 40.6. The number of aliphatic carboxylic acids is 1. The molecule has 1 aliphatic heterocycles. The number of hydrogen-bond donors (Lipinski definition) is 2. The number of fused-ring (bicyclic) bond motifs is 1. The summed E-state index contributed by atoms with van der Waals surface area (Å²) in [5, 5.41) is 17.5. The van der Waals surface area contributed by atoms with Crippen molar-refractivity contribution in [3.63, 3.8) is 0 Å². The molecular formula is C17H21N5O4. The normalized spacial score (nSPS) is 16.6. The van der Waals surface area contributed by atoms with E-state index in [1.54, 1.807) is 17.6 Å². The Kier molecular flexibility index (Phi) is 4.62. The Morgan fingerprint density at radius 2 is 2.08 bits per heavy atom. The predicted molar refractivity (Wildman–Crippen MR) is 91.7 cm³/mol. The Morgan fingerprint density at radius 1 is 1.35 bits per heavy atom. The molecule has 0 saturated carbocycles. The molecule has 1 aliphatic rings. The van der Waals surface area contributed by atoms with E-state index in [2.05, 4.69) is 15.2 Å². The molecular weight excluding hydrogens is 338 g/mol. The van der Waals surface area contributed by atoms with Crippen LogP contribution in [0, 0.1) is 12.8 Å². The molecule has 2 aromatic heterocycles. The number of hydrogen-bond acceptors (Lipinski definition) is 5. The smallest absolute Gasteiger partial charge is 0.328 e. The topological polar surface area (TPSA) is 121 Å². The van der Waals surface area contributed by atoms with E-state index >= 15 is 0 Å². The molecule has 26 heavy (non-hydrogen) atoms. The Labute approximate surface area is 149 Å². The van der Waals surface area contributed by atoms with Crippen molar-refractivity contribution in [1.29, 1.82) is 0 Å². The third-order valence-corrected chi connectivity index (χ3v) is 4.38. The molecule has 0 saturated heterocycles. The molecule has 1 amide bonds. The van der Waals surface area contributed by atoms with E-state index < -0.39 is 17.9 Å². The highest BCUT2D eigenvalue weighted by Crippen LogP contribution is 2.20. The number of aromatic amines is 1. The summed E-state index contributed by atoms with van der Waals surface area (Å²) in [5.74, 6) is -0.168. The van der Waals surface area contributed by atoms with E-state index in [9.17, 15) is 19.5 Å². The molecule has 0 fully saturated rings. The van der Waals surface area contributed by atoms with Gasteiger partial charge < -0.3 is 19.6 Å². The van der Waals surface area contributed by atoms with E-state index in [4.69, 9.17) is 0 Å². The lowest BCUT2D eigenvalue weighted by Crippen LogP contribution is -2.50. The van der Waals surface area contributed by atoms with E-state index in [-0.39, 0.29) is 24.2 Å². The fraction of sp³-hybridized carbons (Fsp3) is 0.471. The number of rotatable bonds is 4. The van der Waals surface area contributed by atoms with Crippen LogP contribution in [0.3, 0.4) is 0 Å². The Hall–Kier alpha value is -2.97. The summed E-state index contributed by atoms with van der Waals surface area (Å²) in [5.41, 5.74) is 0.452.